The average molecular weight is 328 g/mol. The van der Waals surface area contributed by atoms with E-state index >= 15 is 0 Å². The normalized spacial score (nSPS) is 10.3. The Hall–Kier alpha value is -1.39. The summed E-state index contributed by atoms with van der Waals surface area (Å²) >= 11 is 4.49. The molecule has 0 saturated carbocycles. The molecule has 0 saturated heterocycles. The topological polar surface area (TPSA) is 62.7 Å². The first-order valence-corrected chi connectivity index (χ1v) is 6.88. The molecule has 0 aliphatic heterocycles. The van der Waals surface area contributed by atoms with Gasteiger partial charge in [0, 0.05) is 5.56 Å². The van der Waals surface area contributed by atoms with Crippen LogP contribution >= 0.6 is 27.7 Å². The second kappa shape index (κ2) is 5.98. The Labute approximate surface area is 115 Å². The van der Waals surface area contributed by atoms with Crippen LogP contribution in [0.5, 0.6) is 0 Å². The van der Waals surface area contributed by atoms with Crippen molar-refractivity contribution in [1.82, 2.24) is 10.1 Å². The molecule has 0 spiro atoms. The van der Waals surface area contributed by atoms with Crippen molar-refractivity contribution in [2.24, 2.45) is 0 Å². The molecule has 0 unspecified atom stereocenters. The van der Waals surface area contributed by atoms with Gasteiger partial charge in [0.05, 0.1) is 22.0 Å². The van der Waals surface area contributed by atoms with Crippen LogP contribution in [-0.2, 0) is 5.75 Å². The maximum absolute atomic E-state index is 13.1. The predicted molar refractivity (Wildman–Crippen MR) is 69.2 cm³/mol. The van der Waals surface area contributed by atoms with E-state index in [-0.39, 0.29) is 5.82 Å². The fraction of sp³-hybridized carbons (Fsp3) is 0.182. The minimum absolute atomic E-state index is 0.341. The van der Waals surface area contributed by atoms with Crippen molar-refractivity contribution in [3.8, 4) is 17.5 Å². The van der Waals surface area contributed by atoms with Crippen molar-refractivity contribution in [1.29, 1.82) is 5.26 Å². The van der Waals surface area contributed by atoms with Gasteiger partial charge in [-0.15, -0.1) is 11.8 Å². The molecular formula is C11H7BrFN3OS. The number of nitriles is 1. The zero-order valence-corrected chi connectivity index (χ0v) is 11.5. The van der Waals surface area contributed by atoms with Gasteiger partial charge >= 0.3 is 0 Å². The minimum atomic E-state index is -0.341. The van der Waals surface area contributed by atoms with Gasteiger partial charge < -0.3 is 4.52 Å². The highest BCUT2D eigenvalue weighted by Crippen LogP contribution is 2.23. The highest BCUT2D eigenvalue weighted by Gasteiger charge is 2.10. The molecule has 0 amide bonds. The fourth-order valence-corrected chi connectivity index (χ4v) is 2.11. The Morgan fingerprint density at radius 2 is 2.33 bits per heavy atom. The summed E-state index contributed by atoms with van der Waals surface area (Å²) in [5.74, 6) is 1.38. The number of hydrogen-bond acceptors (Lipinski definition) is 5. The van der Waals surface area contributed by atoms with Crippen molar-refractivity contribution in [2.75, 3.05) is 5.75 Å². The number of hydrogen-bond donors (Lipinski definition) is 0. The average Bonchev–Trinajstić information content (AvgIpc) is 2.82. The van der Waals surface area contributed by atoms with Crippen LogP contribution in [0.1, 0.15) is 5.89 Å². The van der Waals surface area contributed by atoms with E-state index in [2.05, 4.69) is 26.1 Å². The molecule has 0 bridgehead atoms. The molecule has 0 aliphatic rings. The van der Waals surface area contributed by atoms with Crippen LogP contribution in [0.4, 0.5) is 4.39 Å². The highest BCUT2D eigenvalue weighted by atomic mass is 79.9. The van der Waals surface area contributed by atoms with Crippen LogP contribution in [0.3, 0.4) is 0 Å². The van der Waals surface area contributed by atoms with Gasteiger partial charge in [-0.3, -0.25) is 0 Å². The van der Waals surface area contributed by atoms with E-state index in [9.17, 15) is 4.39 Å². The van der Waals surface area contributed by atoms with Gasteiger partial charge in [0.2, 0.25) is 11.7 Å². The molecule has 0 N–H and O–H groups in total. The van der Waals surface area contributed by atoms with Gasteiger partial charge in [-0.2, -0.15) is 10.2 Å². The molecule has 92 valence electrons. The van der Waals surface area contributed by atoms with Crippen LogP contribution in [0.25, 0.3) is 11.4 Å². The van der Waals surface area contributed by atoms with Gasteiger partial charge in [-0.05, 0) is 34.1 Å². The first-order valence-electron chi connectivity index (χ1n) is 4.93. The third kappa shape index (κ3) is 3.09. The SMILES string of the molecule is N#CCSCc1nc(-c2ccc(F)c(Br)c2)no1. The van der Waals surface area contributed by atoms with Crippen LogP contribution in [-0.4, -0.2) is 15.9 Å². The van der Waals surface area contributed by atoms with Gasteiger partial charge in [-0.25, -0.2) is 4.39 Å². The molecule has 1 heterocycles. The standard InChI is InChI=1S/C11H7BrFN3OS/c12-8-5-7(1-2-9(8)13)11-15-10(17-16-11)6-18-4-3-14/h1-2,5H,4,6H2. The number of thioether (sulfide) groups is 1. The lowest BCUT2D eigenvalue weighted by Gasteiger charge is -1.96. The smallest absolute Gasteiger partial charge is 0.236 e. The molecule has 1 aromatic heterocycles. The van der Waals surface area contributed by atoms with E-state index in [1.165, 1.54) is 17.8 Å². The lowest BCUT2D eigenvalue weighted by atomic mass is 10.2. The third-order valence-electron chi connectivity index (χ3n) is 2.04. The van der Waals surface area contributed by atoms with Gasteiger partial charge in [-0.1, -0.05) is 5.16 Å². The molecule has 18 heavy (non-hydrogen) atoms. The third-order valence-corrected chi connectivity index (χ3v) is 3.43. The van der Waals surface area contributed by atoms with Crippen LogP contribution in [0.15, 0.2) is 27.2 Å². The van der Waals surface area contributed by atoms with E-state index in [0.29, 0.717) is 33.3 Å². The summed E-state index contributed by atoms with van der Waals surface area (Å²) in [6.45, 7) is 0. The van der Waals surface area contributed by atoms with Gasteiger partial charge in [0.25, 0.3) is 0 Å². The largest absolute Gasteiger partial charge is 0.338 e. The van der Waals surface area contributed by atoms with E-state index < -0.39 is 0 Å². The van der Waals surface area contributed by atoms with Gasteiger partial charge in [0.1, 0.15) is 5.82 Å². The Morgan fingerprint density at radius 3 is 3.06 bits per heavy atom. The number of nitrogens with zero attached hydrogens (tertiary/aromatic N) is 3. The summed E-state index contributed by atoms with van der Waals surface area (Å²) in [5.41, 5.74) is 0.670. The van der Waals surface area contributed by atoms with Crippen molar-refractivity contribution >= 4 is 27.7 Å². The molecule has 4 nitrogen and oxygen atoms in total. The number of rotatable bonds is 4. The maximum atomic E-state index is 13.1. The monoisotopic (exact) mass is 327 g/mol. The molecule has 0 aliphatic carbocycles. The Morgan fingerprint density at radius 1 is 1.50 bits per heavy atom. The van der Waals surface area contributed by atoms with Crippen molar-refractivity contribution < 1.29 is 8.91 Å². The number of halogens is 2. The lowest BCUT2D eigenvalue weighted by molar-refractivity contribution is 0.391. The van der Waals surface area contributed by atoms with Crippen LogP contribution < -0.4 is 0 Å². The zero-order valence-electron chi connectivity index (χ0n) is 9.06. The van der Waals surface area contributed by atoms with Gasteiger partial charge in [0.15, 0.2) is 0 Å². The summed E-state index contributed by atoms with van der Waals surface area (Å²) < 4.78 is 18.5. The number of benzene rings is 1. The molecule has 0 fully saturated rings. The second-order valence-electron chi connectivity index (χ2n) is 3.29. The van der Waals surface area contributed by atoms with Crippen molar-refractivity contribution in [3.63, 3.8) is 0 Å². The Balaban J connectivity index is 2.14. The lowest BCUT2D eigenvalue weighted by Crippen LogP contribution is -1.85. The maximum Gasteiger partial charge on any atom is 0.236 e. The van der Waals surface area contributed by atoms with E-state index in [0.717, 1.165) is 0 Å². The summed E-state index contributed by atoms with van der Waals surface area (Å²) in [7, 11) is 0. The summed E-state index contributed by atoms with van der Waals surface area (Å²) in [6.07, 6.45) is 0. The summed E-state index contributed by atoms with van der Waals surface area (Å²) in [4.78, 5) is 4.17. The van der Waals surface area contributed by atoms with Crippen molar-refractivity contribution in [2.45, 2.75) is 5.75 Å². The molecule has 0 radical (unpaired) electrons. The predicted octanol–water partition coefficient (Wildman–Crippen LogP) is 3.39. The van der Waals surface area contributed by atoms with Crippen LogP contribution in [0, 0.1) is 17.1 Å². The molecule has 7 heteroatoms. The molecule has 1 aromatic carbocycles. The molecule has 0 atom stereocenters. The molecular weight excluding hydrogens is 321 g/mol. The van der Waals surface area contributed by atoms with Crippen LogP contribution in [0.2, 0.25) is 0 Å². The quantitative estimate of drug-likeness (QED) is 0.805. The zero-order chi connectivity index (χ0) is 13.0. The minimum Gasteiger partial charge on any atom is -0.338 e. The fourth-order valence-electron chi connectivity index (χ4n) is 1.25. The molecule has 2 rings (SSSR count). The summed E-state index contributed by atoms with van der Waals surface area (Å²) in [6, 6.07) is 6.52. The van der Waals surface area contributed by atoms with E-state index in [1.54, 1.807) is 12.1 Å². The Bertz CT molecular complexity index is 596. The summed E-state index contributed by atoms with van der Waals surface area (Å²) in [5, 5.41) is 12.2. The second-order valence-corrected chi connectivity index (χ2v) is 5.13. The first kappa shape index (κ1) is 13.1. The van der Waals surface area contributed by atoms with E-state index in [4.69, 9.17) is 9.78 Å². The molecule has 2 aromatic rings. The Kier molecular flexibility index (Phi) is 4.33. The number of aromatic nitrogens is 2. The highest BCUT2D eigenvalue weighted by molar-refractivity contribution is 9.10. The van der Waals surface area contributed by atoms with E-state index in [1.807, 2.05) is 6.07 Å². The van der Waals surface area contributed by atoms with Crippen molar-refractivity contribution in [3.05, 3.63) is 34.4 Å². The first-order chi connectivity index (χ1) is 8.70.